The third-order valence-electron chi connectivity index (χ3n) is 4.56. The smallest absolute Gasteiger partial charge is 0.0753 e. The van der Waals surface area contributed by atoms with Crippen LogP contribution in [0.3, 0.4) is 0 Å². The van der Waals surface area contributed by atoms with Gasteiger partial charge in [0.05, 0.1) is 12.2 Å². The van der Waals surface area contributed by atoms with Crippen LogP contribution in [0.2, 0.25) is 0 Å². The van der Waals surface area contributed by atoms with Crippen molar-refractivity contribution < 1.29 is 4.74 Å². The predicted molar refractivity (Wildman–Crippen MR) is 71.0 cm³/mol. The molecule has 0 amide bonds. The molecule has 17 heavy (non-hydrogen) atoms. The minimum Gasteiger partial charge on any atom is -0.373 e. The van der Waals surface area contributed by atoms with E-state index >= 15 is 0 Å². The number of nitrogens with two attached hydrogens (primary N) is 1. The van der Waals surface area contributed by atoms with Gasteiger partial charge in [-0.1, -0.05) is 20.3 Å². The summed E-state index contributed by atoms with van der Waals surface area (Å²) in [5.74, 6) is 0. The minimum atomic E-state index is -0.0143. The molecular formula is C14H28N2O. The van der Waals surface area contributed by atoms with E-state index < -0.39 is 0 Å². The van der Waals surface area contributed by atoms with Gasteiger partial charge in [-0.3, -0.25) is 4.90 Å². The Kier molecular flexibility index (Phi) is 3.54. The number of hydrogen-bond donors (Lipinski definition) is 1. The molecule has 1 aliphatic carbocycles. The third-order valence-corrected chi connectivity index (χ3v) is 4.56. The van der Waals surface area contributed by atoms with Crippen LogP contribution in [0.15, 0.2) is 0 Å². The fraction of sp³-hybridized carbons (Fsp3) is 1.00. The van der Waals surface area contributed by atoms with E-state index in [1.807, 2.05) is 0 Å². The summed E-state index contributed by atoms with van der Waals surface area (Å²) in [5, 5.41) is 0. The standard InChI is InChI=1S/C14H28N2O/c1-13(2)7-5-6-11(12(13)15)16-8-9-17-14(3,4)10-16/h11-12H,5-10,15H2,1-4H3. The Balaban J connectivity index is 2.06. The Morgan fingerprint density at radius 2 is 1.94 bits per heavy atom. The van der Waals surface area contributed by atoms with Crippen LogP contribution in [-0.2, 0) is 4.74 Å². The molecule has 2 rings (SSSR count). The zero-order chi connectivity index (χ0) is 12.7. The van der Waals surface area contributed by atoms with E-state index in [0.717, 1.165) is 19.7 Å². The molecule has 1 saturated carbocycles. The minimum absolute atomic E-state index is 0.0143. The average molecular weight is 240 g/mol. The van der Waals surface area contributed by atoms with E-state index in [0.29, 0.717) is 12.1 Å². The lowest BCUT2D eigenvalue weighted by atomic mass is 9.70. The lowest BCUT2D eigenvalue weighted by Crippen LogP contribution is -2.61. The van der Waals surface area contributed by atoms with Crippen LogP contribution in [0, 0.1) is 5.41 Å². The molecule has 0 bridgehead atoms. The van der Waals surface area contributed by atoms with Crippen molar-refractivity contribution in [1.29, 1.82) is 0 Å². The van der Waals surface area contributed by atoms with Crippen LogP contribution in [-0.4, -0.2) is 42.3 Å². The van der Waals surface area contributed by atoms with E-state index in [1.165, 1.54) is 19.3 Å². The Labute approximate surface area is 106 Å². The molecule has 1 aliphatic heterocycles. The van der Waals surface area contributed by atoms with Crippen molar-refractivity contribution in [3.8, 4) is 0 Å². The van der Waals surface area contributed by atoms with Gasteiger partial charge in [-0.15, -0.1) is 0 Å². The highest BCUT2D eigenvalue weighted by molar-refractivity contribution is 4.98. The maximum atomic E-state index is 6.49. The lowest BCUT2D eigenvalue weighted by Gasteiger charge is -2.50. The molecule has 1 saturated heterocycles. The van der Waals surface area contributed by atoms with Gasteiger partial charge < -0.3 is 10.5 Å². The SMILES string of the molecule is CC1(C)CN(C2CCCC(C)(C)C2N)CCO1. The Morgan fingerprint density at radius 3 is 2.59 bits per heavy atom. The normalized spacial score (nSPS) is 37.9. The topological polar surface area (TPSA) is 38.5 Å². The van der Waals surface area contributed by atoms with E-state index in [9.17, 15) is 0 Å². The molecule has 2 aliphatic rings. The molecule has 0 radical (unpaired) electrons. The van der Waals surface area contributed by atoms with E-state index in [1.54, 1.807) is 0 Å². The molecule has 2 N–H and O–H groups in total. The van der Waals surface area contributed by atoms with E-state index in [-0.39, 0.29) is 11.0 Å². The van der Waals surface area contributed by atoms with Gasteiger partial charge in [0.1, 0.15) is 0 Å². The molecule has 0 aromatic rings. The van der Waals surface area contributed by atoms with E-state index in [4.69, 9.17) is 10.5 Å². The van der Waals surface area contributed by atoms with Crippen LogP contribution in [0.5, 0.6) is 0 Å². The first-order valence-corrected chi connectivity index (χ1v) is 6.95. The van der Waals surface area contributed by atoms with Crippen LogP contribution in [0.1, 0.15) is 47.0 Å². The molecule has 2 atom stereocenters. The molecular weight excluding hydrogens is 212 g/mol. The second-order valence-electron chi connectivity index (χ2n) is 7.05. The number of hydrogen-bond acceptors (Lipinski definition) is 3. The summed E-state index contributed by atoms with van der Waals surface area (Å²) in [7, 11) is 0. The summed E-state index contributed by atoms with van der Waals surface area (Å²) in [6.07, 6.45) is 3.82. The molecule has 0 aromatic carbocycles. The molecule has 3 nitrogen and oxygen atoms in total. The zero-order valence-corrected chi connectivity index (χ0v) is 11.8. The summed E-state index contributed by atoms with van der Waals surface area (Å²) in [4.78, 5) is 2.56. The van der Waals surface area contributed by atoms with Gasteiger partial charge in [-0.25, -0.2) is 0 Å². The van der Waals surface area contributed by atoms with E-state index in [2.05, 4.69) is 32.6 Å². The van der Waals surface area contributed by atoms with Gasteiger partial charge in [-0.2, -0.15) is 0 Å². The van der Waals surface area contributed by atoms with Crippen molar-refractivity contribution in [2.24, 2.45) is 11.1 Å². The summed E-state index contributed by atoms with van der Waals surface area (Å²) >= 11 is 0. The second-order valence-corrected chi connectivity index (χ2v) is 7.05. The first-order valence-electron chi connectivity index (χ1n) is 6.95. The first-order chi connectivity index (χ1) is 7.82. The van der Waals surface area contributed by atoms with Gasteiger partial charge in [0.25, 0.3) is 0 Å². The molecule has 2 fully saturated rings. The van der Waals surface area contributed by atoms with Crippen molar-refractivity contribution in [2.45, 2.75) is 64.6 Å². The van der Waals surface area contributed by atoms with Gasteiger partial charge in [0.15, 0.2) is 0 Å². The molecule has 100 valence electrons. The molecule has 0 aromatic heterocycles. The summed E-state index contributed by atoms with van der Waals surface area (Å²) < 4.78 is 5.79. The summed E-state index contributed by atoms with van der Waals surface area (Å²) in [6.45, 7) is 11.9. The zero-order valence-electron chi connectivity index (χ0n) is 11.8. The van der Waals surface area contributed by atoms with Crippen molar-refractivity contribution >= 4 is 0 Å². The first kappa shape index (κ1) is 13.3. The number of nitrogens with zero attached hydrogens (tertiary/aromatic N) is 1. The number of morpholine rings is 1. The van der Waals surface area contributed by atoms with Crippen LogP contribution in [0.4, 0.5) is 0 Å². The lowest BCUT2D eigenvalue weighted by molar-refractivity contribution is -0.108. The highest BCUT2D eigenvalue weighted by Crippen LogP contribution is 2.37. The quantitative estimate of drug-likeness (QED) is 0.762. The Bertz CT molecular complexity index is 275. The van der Waals surface area contributed by atoms with Crippen molar-refractivity contribution in [3.05, 3.63) is 0 Å². The van der Waals surface area contributed by atoms with Gasteiger partial charge >= 0.3 is 0 Å². The monoisotopic (exact) mass is 240 g/mol. The highest BCUT2D eigenvalue weighted by Gasteiger charge is 2.41. The van der Waals surface area contributed by atoms with Crippen molar-refractivity contribution in [1.82, 2.24) is 4.90 Å². The maximum absolute atomic E-state index is 6.49. The fourth-order valence-electron chi connectivity index (χ4n) is 3.38. The van der Waals surface area contributed by atoms with Gasteiger partial charge in [0.2, 0.25) is 0 Å². The van der Waals surface area contributed by atoms with Crippen molar-refractivity contribution in [3.63, 3.8) is 0 Å². The molecule has 2 unspecified atom stereocenters. The summed E-state index contributed by atoms with van der Waals surface area (Å²) in [6, 6.07) is 0.840. The fourth-order valence-corrected chi connectivity index (χ4v) is 3.38. The second kappa shape index (κ2) is 4.52. The van der Waals surface area contributed by atoms with Gasteiger partial charge in [-0.05, 0) is 32.1 Å². The largest absolute Gasteiger partial charge is 0.373 e. The van der Waals surface area contributed by atoms with Crippen LogP contribution in [0.25, 0.3) is 0 Å². The van der Waals surface area contributed by atoms with Crippen molar-refractivity contribution in [2.75, 3.05) is 19.7 Å². The summed E-state index contributed by atoms with van der Waals surface area (Å²) in [5.41, 5.74) is 6.76. The molecule has 0 spiro atoms. The highest BCUT2D eigenvalue weighted by atomic mass is 16.5. The predicted octanol–water partition coefficient (Wildman–Crippen LogP) is 2.00. The average Bonchev–Trinajstić information content (AvgIpc) is 2.20. The Hall–Kier alpha value is -0.120. The third kappa shape index (κ3) is 2.83. The maximum Gasteiger partial charge on any atom is 0.0753 e. The van der Waals surface area contributed by atoms with Gasteiger partial charge in [0, 0.05) is 25.2 Å². The molecule has 1 heterocycles. The van der Waals surface area contributed by atoms with Crippen LogP contribution >= 0.6 is 0 Å². The van der Waals surface area contributed by atoms with Crippen LogP contribution < -0.4 is 5.73 Å². The number of ether oxygens (including phenoxy) is 1. The number of rotatable bonds is 1. The Morgan fingerprint density at radius 1 is 1.24 bits per heavy atom. The molecule has 3 heteroatoms.